The van der Waals surface area contributed by atoms with Gasteiger partial charge in [0.15, 0.2) is 6.61 Å². The number of nitrogens with one attached hydrogen (secondary N) is 1. The summed E-state index contributed by atoms with van der Waals surface area (Å²) in [7, 11) is 1.59. The van der Waals surface area contributed by atoms with Crippen LogP contribution in [-0.4, -0.2) is 31.6 Å². The second kappa shape index (κ2) is 10.8. The summed E-state index contributed by atoms with van der Waals surface area (Å²) in [6.07, 6.45) is 4.63. The molecule has 142 valence electrons. The molecule has 2 aromatic carbocycles. The summed E-state index contributed by atoms with van der Waals surface area (Å²) in [5.41, 5.74) is 2.07. The Kier molecular flexibility index (Phi) is 8.10. The molecule has 0 saturated carbocycles. The first-order valence-electron chi connectivity index (χ1n) is 8.89. The first kappa shape index (κ1) is 20.2. The number of hydrogen-bond donors (Lipinski definition) is 1. The van der Waals surface area contributed by atoms with E-state index in [2.05, 4.69) is 17.4 Å². The quantitative estimate of drug-likeness (QED) is 0.545. The predicted molar refractivity (Wildman–Crippen MR) is 105 cm³/mol. The van der Waals surface area contributed by atoms with Gasteiger partial charge in [0.25, 0.3) is 5.91 Å². The second-order valence-electron chi connectivity index (χ2n) is 6.21. The molecule has 1 N–H and O–H groups in total. The lowest BCUT2D eigenvalue weighted by Gasteiger charge is -2.13. The van der Waals surface area contributed by atoms with Crippen LogP contribution in [0.25, 0.3) is 6.08 Å². The normalized spacial score (nSPS) is 11.8. The summed E-state index contributed by atoms with van der Waals surface area (Å²) in [5, 5.41) is 2.84. The maximum atomic E-state index is 11.9. The Morgan fingerprint density at radius 3 is 2.44 bits per heavy atom. The molecule has 0 fully saturated rings. The standard InChI is InChI=1S/C22H25NO4/c1-17(8-9-18-6-4-3-5-7-18)23-21(24)16-27-22(25)15-12-19-10-13-20(26-2)14-11-19/h3-7,10-15,17H,8-9,16H2,1-2H3,(H,23,24)/b15-12+/t17-/m1/s1. The third-order valence-electron chi connectivity index (χ3n) is 3.99. The van der Waals surface area contributed by atoms with Crippen LogP contribution in [0.4, 0.5) is 0 Å². The first-order valence-corrected chi connectivity index (χ1v) is 8.89. The number of amides is 1. The first-order chi connectivity index (χ1) is 13.1. The highest BCUT2D eigenvalue weighted by molar-refractivity contribution is 5.89. The fourth-order valence-corrected chi connectivity index (χ4v) is 2.48. The van der Waals surface area contributed by atoms with E-state index in [-0.39, 0.29) is 18.6 Å². The molecule has 2 rings (SSSR count). The third-order valence-corrected chi connectivity index (χ3v) is 3.99. The molecule has 0 spiro atoms. The van der Waals surface area contributed by atoms with Crippen molar-refractivity contribution in [2.24, 2.45) is 0 Å². The number of carbonyl (C=O) groups excluding carboxylic acids is 2. The van der Waals surface area contributed by atoms with Crippen LogP contribution >= 0.6 is 0 Å². The van der Waals surface area contributed by atoms with Gasteiger partial charge < -0.3 is 14.8 Å². The zero-order valence-electron chi connectivity index (χ0n) is 15.7. The van der Waals surface area contributed by atoms with Gasteiger partial charge in [-0.1, -0.05) is 42.5 Å². The molecule has 0 aromatic heterocycles. The fraction of sp³-hybridized carbons (Fsp3) is 0.273. The number of carbonyl (C=O) groups is 2. The number of ether oxygens (including phenoxy) is 2. The van der Waals surface area contributed by atoms with Crippen molar-refractivity contribution in [1.82, 2.24) is 5.32 Å². The van der Waals surface area contributed by atoms with Crippen LogP contribution in [0.5, 0.6) is 5.75 Å². The molecule has 0 radical (unpaired) electrons. The molecule has 0 aliphatic carbocycles. The highest BCUT2D eigenvalue weighted by atomic mass is 16.5. The molecule has 1 amide bonds. The molecule has 1 atom stereocenters. The molecular weight excluding hydrogens is 342 g/mol. The Morgan fingerprint density at radius 2 is 1.78 bits per heavy atom. The average Bonchev–Trinajstić information content (AvgIpc) is 2.70. The number of aryl methyl sites for hydroxylation is 1. The molecule has 0 saturated heterocycles. The molecule has 0 bridgehead atoms. The van der Waals surface area contributed by atoms with Crippen LogP contribution in [0, 0.1) is 0 Å². The van der Waals surface area contributed by atoms with E-state index in [1.807, 2.05) is 37.3 Å². The van der Waals surface area contributed by atoms with Crippen molar-refractivity contribution in [2.75, 3.05) is 13.7 Å². The van der Waals surface area contributed by atoms with Gasteiger partial charge in [0.05, 0.1) is 7.11 Å². The van der Waals surface area contributed by atoms with Crippen LogP contribution in [0.3, 0.4) is 0 Å². The maximum Gasteiger partial charge on any atom is 0.331 e. The summed E-state index contributed by atoms with van der Waals surface area (Å²) in [6.45, 7) is 1.65. The molecule has 2 aromatic rings. The van der Waals surface area contributed by atoms with E-state index in [4.69, 9.17) is 9.47 Å². The van der Waals surface area contributed by atoms with E-state index in [0.717, 1.165) is 24.2 Å². The van der Waals surface area contributed by atoms with Gasteiger partial charge in [0, 0.05) is 12.1 Å². The fourth-order valence-electron chi connectivity index (χ4n) is 2.48. The Bertz CT molecular complexity index is 754. The molecule has 5 heteroatoms. The zero-order valence-corrected chi connectivity index (χ0v) is 15.7. The minimum atomic E-state index is -0.557. The number of methoxy groups -OCH3 is 1. The topological polar surface area (TPSA) is 64.6 Å². The Labute approximate surface area is 160 Å². The largest absolute Gasteiger partial charge is 0.497 e. The summed E-state index contributed by atoms with van der Waals surface area (Å²) < 4.78 is 10.0. The average molecular weight is 367 g/mol. The number of rotatable bonds is 9. The second-order valence-corrected chi connectivity index (χ2v) is 6.21. The van der Waals surface area contributed by atoms with Gasteiger partial charge in [-0.05, 0) is 49.1 Å². The van der Waals surface area contributed by atoms with E-state index in [1.165, 1.54) is 11.6 Å². The lowest BCUT2D eigenvalue weighted by atomic mass is 10.1. The highest BCUT2D eigenvalue weighted by Crippen LogP contribution is 2.12. The van der Waals surface area contributed by atoms with Gasteiger partial charge in [0.1, 0.15) is 5.75 Å². The van der Waals surface area contributed by atoms with Gasteiger partial charge in [-0.15, -0.1) is 0 Å². The van der Waals surface area contributed by atoms with Crippen LogP contribution in [-0.2, 0) is 20.7 Å². The summed E-state index contributed by atoms with van der Waals surface area (Å²) in [5.74, 6) is -0.118. The zero-order chi connectivity index (χ0) is 19.5. The minimum absolute atomic E-state index is 0.00579. The van der Waals surface area contributed by atoms with Gasteiger partial charge >= 0.3 is 5.97 Å². The molecular formula is C22H25NO4. The van der Waals surface area contributed by atoms with Crippen LogP contribution in [0.15, 0.2) is 60.7 Å². The smallest absolute Gasteiger partial charge is 0.331 e. The van der Waals surface area contributed by atoms with Crippen molar-refractivity contribution in [2.45, 2.75) is 25.8 Å². The molecule has 0 heterocycles. The van der Waals surface area contributed by atoms with E-state index >= 15 is 0 Å². The molecule has 27 heavy (non-hydrogen) atoms. The monoisotopic (exact) mass is 367 g/mol. The van der Waals surface area contributed by atoms with Gasteiger partial charge in [-0.2, -0.15) is 0 Å². The van der Waals surface area contributed by atoms with Crippen LogP contribution < -0.4 is 10.1 Å². The van der Waals surface area contributed by atoms with Crippen molar-refractivity contribution >= 4 is 18.0 Å². The highest BCUT2D eigenvalue weighted by Gasteiger charge is 2.09. The third kappa shape index (κ3) is 7.77. The summed E-state index contributed by atoms with van der Waals surface area (Å²) >= 11 is 0. The van der Waals surface area contributed by atoms with E-state index in [1.54, 1.807) is 25.3 Å². The van der Waals surface area contributed by atoms with Crippen molar-refractivity contribution in [3.05, 3.63) is 71.8 Å². The maximum absolute atomic E-state index is 11.9. The van der Waals surface area contributed by atoms with E-state index in [9.17, 15) is 9.59 Å². The predicted octanol–water partition coefficient (Wildman–Crippen LogP) is 3.39. The van der Waals surface area contributed by atoms with E-state index < -0.39 is 5.97 Å². The molecule has 0 unspecified atom stereocenters. The van der Waals surface area contributed by atoms with Gasteiger partial charge in [0.2, 0.25) is 0 Å². The van der Waals surface area contributed by atoms with Crippen molar-refractivity contribution in [3.8, 4) is 5.75 Å². The van der Waals surface area contributed by atoms with Gasteiger partial charge in [-0.25, -0.2) is 4.79 Å². The molecule has 0 aliphatic heterocycles. The van der Waals surface area contributed by atoms with Gasteiger partial charge in [-0.3, -0.25) is 4.79 Å². The number of benzene rings is 2. The number of hydrogen-bond acceptors (Lipinski definition) is 4. The van der Waals surface area contributed by atoms with E-state index in [0.29, 0.717) is 0 Å². The van der Waals surface area contributed by atoms with Crippen molar-refractivity contribution in [1.29, 1.82) is 0 Å². The van der Waals surface area contributed by atoms with Crippen molar-refractivity contribution in [3.63, 3.8) is 0 Å². The summed E-state index contributed by atoms with van der Waals surface area (Å²) in [6, 6.07) is 17.3. The summed E-state index contributed by atoms with van der Waals surface area (Å²) in [4.78, 5) is 23.6. The van der Waals surface area contributed by atoms with Crippen LogP contribution in [0.1, 0.15) is 24.5 Å². The Morgan fingerprint density at radius 1 is 1.07 bits per heavy atom. The van der Waals surface area contributed by atoms with Crippen LogP contribution in [0.2, 0.25) is 0 Å². The Hall–Kier alpha value is -3.08. The number of esters is 1. The molecule has 5 nitrogen and oxygen atoms in total. The molecule has 0 aliphatic rings. The van der Waals surface area contributed by atoms with Crippen molar-refractivity contribution < 1.29 is 19.1 Å². The lowest BCUT2D eigenvalue weighted by Crippen LogP contribution is -2.36. The SMILES string of the molecule is COc1ccc(/C=C/C(=O)OCC(=O)N[C@H](C)CCc2ccccc2)cc1. The lowest BCUT2D eigenvalue weighted by molar-refractivity contribution is -0.144. The Balaban J connectivity index is 1.67. The minimum Gasteiger partial charge on any atom is -0.497 e.